The van der Waals surface area contributed by atoms with Crippen molar-refractivity contribution in [3.05, 3.63) is 53.3 Å². The van der Waals surface area contributed by atoms with Crippen LogP contribution in [0.25, 0.3) is 5.65 Å². The van der Waals surface area contributed by atoms with Gasteiger partial charge in [-0.1, -0.05) is 17.7 Å². The summed E-state index contributed by atoms with van der Waals surface area (Å²) in [7, 11) is 0. The number of fused-ring (bicyclic) bond motifs is 1. The van der Waals surface area contributed by atoms with Crippen LogP contribution in [-0.2, 0) is 0 Å². The Morgan fingerprint density at radius 2 is 1.78 bits per heavy atom. The van der Waals surface area contributed by atoms with Gasteiger partial charge in [0, 0.05) is 54.7 Å². The number of hydrogen-bond donors (Lipinski definition) is 0. The molecule has 1 aliphatic heterocycles. The highest BCUT2D eigenvalue weighted by atomic mass is 35.5. The summed E-state index contributed by atoms with van der Waals surface area (Å²) in [5.74, 6) is 1.11. The van der Waals surface area contributed by atoms with Gasteiger partial charge in [-0.15, -0.1) is 0 Å². The lowest BCUT2D eigenvalue weighted by Gasteiger charge is -2.37. The summed E-state index contributed by atoms with van der Waals surface area (Å²) in [6, 6.07) is 12.1. The van der Waals surface area contributed by atoms with Gasteiger partial charge in [0.15, 0.2) is 5.65 Å². The van der Waals surface area contributed by atoms with Crippen molar-refractivity contribution in [3.8, 4) is 0 Å². The first-order valence-electron chi connectivity index (χ1n) is 7.77. The van der Waals surface area contributed by atoms with Gasteiger partial charge in [0.05, 0.1) is 6.20 Å². The van der Waals surface area contributed by atoms with Crippen LogP contribution < -0.4 is 9.80 Å². The molecule has 0 saturated carbocycles. The molecule has 0 amide bonds. The van der Waals surface area contributed by atoms with Crippen LogP contribution in [0.4, 0.5) is 11.5 Å². The van der Waals surface area contributed by atoms with Crippen LogP contribution in [0.3, 0.4) is 0 Å². The fraction of sp³-hybridized carbons (Fsp3) is 0.294. The van der Waals surface area contributed by atoms with Crippen molar-refractivity contribution >= 4 is 28.8 Å². The fourth-order valence-electron chi connectivity index (χ4n) is 3.11. The summed E-state index contributed by atoms with van der Waals surface area (Å²) in [4.78, 5) is 9.25. The number of benzene rings is 1. The molecule has 5 nitrogen and oxygen atoms in total. The lowest BCUT2D eigenvalue weighted by molar-refractivity contribution is 0.638. The molecule has 0 N–H and O–H groups in total. The quantitative estimate of drug-likeness (QED) is 0.725. The first-order chi connectivity index (χ1) is 11.2. The molecular weight excluding hydrogens is 310 g/mol. The van der Waals surface area contributed by atoms with E-state index >= 15 is 0 Å². The minimum absolute atomic E-state index is 0.785. The van der Waals surface area contributed by atoms with Gasteiger partial charge in [-0.25, -0.2) is 4.98 Å². The number of halogens is 1. The molecule has 3 heterocycles. The second-order valence-electron chi connectivity index (χ2n) is 5.81. The Morgan fingerprint density at radius 1 is 1.00 bits per heavy atom. The van der Waals surface area contributed by atoms with E-state index in [1.807, 2.05) is 35.7 Å². The van der Waals surface area contributed by atoms with E-state index in [0.717, 1.165) is 48.4 Å². The van der Waals surface area contributed by atoms with Crippen LogP contribution in [0.2, 0.25) is 5.02 Å². The van der Waals surface area contributed by atoms with Crippen LogP contribution in [-0.4, -0.2) is 40.8 Å². The van der Waals surface area contributed by atoms with Crippen molar-refractivity contribution in [3.63, 3.8) is 0 Å². The van der Waals surface area contributed by atoms with Crippen molar-refractivity contribution in [2.45, 2.75) is 6.92 Å². The van der Waals surface area contributed by atoms with Gasteiger partial charge in [0.25, 0.3) is 0 Å². The maximum atomic E-state index is 6.10. The third-order valence-corrected chi connectivity index (χ3v) is 4.48. The summed E-state index contributed by atoms with van der Waals surface area (Å²) >= 11 is 6.10. The Balaban J connectivity index is 1.56. The molecule has 3 aromatic rings. The van der Waals surface area contributed by atoms with Crippen molar-refractivity contribution in [1.29, 1.82) is 0 Å². The van der Waals surface area contributed by atoms with Gasteiger partial charge in [-0.05, 0) is 25.1 Å². The first kappa shape index (κ1) is 14.3. The summed E-state index contributed by atoms with van der Waals surface area (Å²) in [5, 5.41) is 5.19. The third kappa shape index (κ3) is 2.72. The minimum atomic E-state index is 0.785. The molecule has 4 rings (SSSR count). The highest BCUT2D eigenvalue weighted by molar-refractivity contribution is 6.30. The van der Waals surface area contributed by atoms with Gasteiger partial charge in [-0.2, -0.15) is 9.61 Å². The predicted octanol–water partition coefficient (Wildman–Crippen LogP) is 3.02. The zero-order valence-corrected chi connectivity index (χ0v) is 13.7. The smallest absolute Gasteiger partial charge is 0.157 e. The zero-order chi connectivity index (χ0) is 15.8. The van der Waals surface area contributed by atoms with Crippen molar-refractivity contribution < 1.29 is 0 Å². The Hall–Kier alpha value is -2.27. The van der Waals surface area contributed by atoms with Gasteiger partial charge < -0.3 is 9.80 Å². The topological polar surface area (TPSA) is 36.7 Å². The van der Waals surface area contributed by atoms with Crippen LogP contribution >= 0.6 is 11.6 Å². The van der Waals surface area contributed by atoms with Crippen LogP contribution in [0.1, 0.15) is 5.69 Å². The molecule has 1 aliphatic rings. The molecule has 0 atom stereocenters. The number of anilines is 2. The first-order valence-corrected chi connectivity index (χ1v) is 8.15. The molecule has 1 saturated heterocycles. The Bertz CT molecular complexity index is 836. The lowest BCUT2D eigenvalue weighted by atomic mass is 10.2. The molecule has 0 radical (unpaired) electrons. The van der Waals surface area contributed by atoms with Crippen molar-refractivity contribution in [2.75, 3.05) is 36.0 Å². The average molecular weight is 328 g/mol. The molecular formula is C17H18ClN5. The van der Waals surface area contributed by atoms with Crippen molar-refractivity contribution in [1.82, 2.24) is 14.6 Å². The molecule has 1 fully saturated rings. The number of aromatic nitrogens is 3. The number of piperazine rings is 1. The molecule has 118 valence electrons. The van der Waals surface area contributed by atoms with E-state index < -0.39 is 0 Å². The third-order valence-electron chi connectivity index (χ3n) is 4.25. The summed E-state index contributed by atoms with van der Waals surface area (Å²) in [6.45, 7) is 5.85. The molecule has 0 spiro atoms. The van der Waals surface area contributed by atoms with E-state index in [9.17, 15) is 0 Å². The monoisotopic (exact) mass is 327 g/mol. The normalized spacial score (nSPS) is 15.4. The van der Waals surface area contributed by atoms with E-state index in [1.165, 1.54) is 5.69 Å². The van der Waals surface area contributed by atoms with Gasteiger partial charge >= 0.3 is 0 Å². The summed E-state index contributed by atoms with van der Waals surface area (Å²) in [5.41, 5.74) is 3.11. The van der Waals surface area contributed by atoms with Gasteiger partial charge in [0.1, 0.15) is 5.82 Å². The average Bonchev–Trinajstić information content (AvgIpc) is 3.02. The Morgan fingerprint density at radius 3 is 2.57 bits per heavy atom. The second-order valence-corrected chi connectivity index (χ2v) is 6.25. The van der Waals surface area contributed by atoms with Crippen LogP contribution in [0.5, 0.6) is 0 Å². The molecule has 6 heteroatoms. The van der Waals surface area contributed by atoms with Gasteiger partial charge in [-0.3, -0.25) is 0 Å². The minimum Gasteiger partial charge on any atom is -0.368 e. The highest BCUT2D eigenvalue weighted by Gasteiger charge is 2.20. The molecule has 0 unspecified atom stereocenters. The highest BCUT2D eigenvalue weighted by Crippen LogP contribution is 2.23. The molecule has 0 aliphatic carbocycles. The maximum absolute atomic E-state index is 6.10. The van der Waals surface area contributed by atoms with Crippen LogP contribution in [0, 0.1) is 6.92 Å². The van der Waals surface area contributed by atoms with E-state index in [1.54, 1.807) is 6.20 Å². The zero-order valence-electron chi connectivity index (χ0n) is 13.0. The molecule has 0 bridgehead atoms. The Kier molecular flexibility index (Phi) is 3.58. The van der Waals surface area contributed by atoms with E-state index in [4.69, 9.17) is 11.6 Å². The standard InChI is InChI=1S/C17H18ClN5/c1-13-11-17(23-16(20-13)5-6-19-23)22-9-7-21(8-10-22)15-4-2-3-14(18)12-15/h2-6,11-12H,7-10H2,1H3. The van der Waals surface area contributed by atoms with Crippen LogP contribution in [0.15, 0.2) is 42.6 Å². The maximum Gasteiger partial charge on any atom is 0.157 e. The van der Waals surface area contributed by atoms with E-state index in [-0.39, 0.29) is 0 Å². The Labute approximate surface area is 140 Å². The predicted molar refractivity (Wildman–Crippen MR) is 93.6 cm³/mol. The molecule has 23 heavy (non-hydrogen) atoms. The number of nitrogens with zero attached hydrogens (tertiary/aromatic N) is 5. The largest absolute Gasteiger partial charge is 0.368 e. The van der Waals surface area contributed by atoms with E-state index in [2.05, 4.69) is 32.0 Å². The molecule has 2 aromatic heterocycles. The lowest BCUT2D eigenvalue weighted by Crippen LogP contribution is -2.47. The number of hydrogen-bond acceptors (Lipinski definition) is 4. The van der Waals surface area contributed by atoms with E-state index in [0.29, 0.717) is 0 Å². The SMILES string of the molecule is Cc1cc(N2CCN(c3cccc(Cl)c3)CC2)n2nccc2n1. The fourth-order valence-corrected chi connectivity index (χ4v) is 3.29. The van der Waals surface area contributed by atoms with Gasteiger partial charge in [0.2, 0.25) is 0 Å². The molecule has 1 aromatic carbocycles. The number of aryl methyl sites for hydroxylation is 1. The second kappa shape index (κ2) is 5.74. The summed E-state index contributed by atoms with van der Waals surface area (Å²) < 4.78 is 1.92. The summed E-state index contributed by atoms with van der Waals surface area (Å²) in [6.07, 6.45) is 1.80. The number of rotatable bonds is 2. The van der Waals surface area contributed by atoms with Crippen molar-refractivity contribution in [2.24, 2.45) is 0 Å².